The van der Waals surface area contributed by atoms with Crippen LogP contribution >= 0.6 is 0 Å². The van der Waals surface area contributed by atoms with Crippen LogP contribution in [-0.2, 0) is 0 Å². The number of hydrogen-bond donors (Lipinski definition) is 1. The van der Waals surface area contributed by atoms with Gasteiger partial charge in [-0.1, -0.05) is 19.0 Å². The maximum atomic E-state index is 14.0. The number of aromatic nitrogens is 1. The number of carboxylic acids is 1. The van der Waals surface area contributed by atoms with Crippen molar-refractivity contribution >= 4 is 5.97 Å². The summed E-state index contributed by atoms with van der Waals surface area (Å²) in [5, 5.41) is 12.5. The zero-order chi connectivity index (χ0) is 14.9. The van der Waals surface area contributed by atoms with Crippen LogP contribution in [0.5, 0.6) is 5.75 Å². The molecule has 1 aromatic heterocycles. The highest BCUT2D eigenvalue weighted by Gasteiger charge is 2.19. The van der Waals surface area contributed by atoms with Crippen molar-refractivity contribution < 1.29 is 23.6 Å². The van der Waals surface area contributed by atoms with Crippen molar-refractivity contribution in [2.75, 3.05) is 7.11 Å². The van der Waals surface area contributed by atoms with Crippen molar-refractivity contribution in [3.05, 3.63) is 35.3 Å². The lowest BCUT2D eigenvalue weighted by atomic mass is 9.98. The summed E-state index contributed by atoms with van der Waals surface area (Å²) < 4.78 is 23.7. The first-order valence-electron chi connectivity index (χ1n) is 6.01. The number of methoxy groups -OCH3 is 1. The van der Waals surface area contributed by atoms with Crippen LogP contribution in [0.25, 0.3) is 11.3 Å². The second-order valence-corrected chi connectivity index (χ2v) is 4.62. The molecule has 0 amide bonds. The topological polar surface area (TPSA) is 72.6 Å². The molecule has 0 radical (unpaired) electrons. The van der Waals surface area contributed by atoms with Crippen molar-refractivity contribution in [1.29, 1.82) is 0 Å². The lowest BCUT2D eigenvalue weighted by Gasteiger charge is -2.12. The number of aromatic carboxylic acids is 1. The molecule has 106 valence electrons. The van der Waals surface area contributed by atoms with Crippen LogP contribution in [0.15, 0.2) is 22.7 Å². The molecule has 1 heterocycles. The van der Waals surface area contributed by atoms with E-state index < -0.39 is 11.8 Å². The van der Waals surface area contributed by atoms with Crippen LogP contribution in [0, 0.1) is 5.82 Å². The summed E-state index contributed by atoms with van der Waals surface area (Å²) in [6.45, 7) is 3.85. The van der Waals surface area contributed by atoms with Gasteiger partial charge in [-0.25, -0.2) is 9.18 Å². The summed E-state index contributed by atoms with van der Waals surface area (Å²) in [5.74, 6) is -1.94. The average molecular weight is 279 g/mol. The van der Waals surface area contributed by atoms with Gasteiger partial charge < -0.3 is 14.4 Å². The van der Waals surface area contributed by atoms with E-state index in [4.69, 9.17) is 14.4 Å². The Labute approximate surface area is 115 Å². The van der Waals surface area contributed by atoms with Gasteiger partial charge >= 0.3 is 5.97 Å². The van der Waals surface area contributed by atoms with Gasteiger partial charge in [0.1, 0.15) is 5.69 Å². The van der Waals surface area contributed by atoms with Crippen molar-refractivity contribution in [2.24, 2.45) is 0 Å². The normalized spacial score (nSPS) is 10.8. The molecular formula is C14H14FNO4. The van der Waals surface area contributed by atoms with Gasteiger partial charge in [0.05, 0.1) is 7.11 Å². The van der Waals surface area contributed by atoms with E-state index in [1.807, 2.05) is 13.8 Å². The molecule has 20 heavy (non-hydrogen) atoms. The van der Waals surface area contributed by atoms with E-state index in [-0.39, 0.29) is 23.1 Å². The quantitative estimate of drug-likeness (QED) is 0.929. The minimum Gasteiger partial charge on any atom is -0.493 e. The van der Waals surface area contributed by atoms with Crippen molar-refractivity contribution in [2.45, 2.75) is 19.8 Å². The summed E-state index contributed by atoms with van der Waals surface area (Å²) in [5.41, 5.74) is 1.35. The number of ether oxygens (including phenoxy) is 1. The highest BCUT2D eigenvalue weighted by Crippen LogP contribution is 2.35. The fourth-order valence-electron chi connectivity index (χ4n) is 1.85. The molecule has 0 aliphatic carbocycles. The zero-order valence-corrected chi connectivity index (χ0v) is 11.3. The molecule has 2 rings (SSSR count). The molecule has 0 saturated heterocycles. The highest BCUT2D eigenvalue weighted by atomic mass is 19.1. The molecule has 0 bridgehead atoms. The molecule has 0 aliphatic rings. The summed E-state index contributed by atoms with van der Waals surface area (Å²) in [4.78, 5) is 10.8. The van der Waals surface area contributed by atoms with E-state index in [1.54, 1.807) is 6.07 Å². The number of carboxylic acid groups (broad SMARTS) is 1. The fraction of sp³-hybridized carbons (Fsp3) is 0.286. The molecule has 2 aromatic rings. The van der Waals surface area contributed by atoms with E-state index in [0.717, 1.165) is 5.56 Å². The number of halogens is 1. The van der Waals surface area contributed by atoms with Gasteiger partial charge in [0.2, 0.25) is 5.76 Å². The predicted octanol–water partition coefficient (Wildman–Crippen LogP) is 3.31. The Kier molecular flexibility index (Phi) is 3.74. The van der Waals surface area contributed by atoms with E-state index in [1.165, 1.54) is 19.2 Å². The van der Waals surface area contributed by atoms with E-state index in [2.05, 4.69) is 5.16 Å². The second-order valence-electron chi connectivity index (χ2n) is 4.62. The van der Waals surface area contributed by atoms with Crippen LogP contribution in [0.2, 0.25) is 0 Å². The Bertz CT molecular complexity index is 649. The molecule has 5 nitrogen and oxygen atoms in total. The Morgan fingerprint density at radius 2 is 2.10 bits per heavy atom. The molecule has 0 unspecified atom stereocenters. The number of benzene rings is 1. The Morgan fingerprint density at radius 1 is 1.40 bits per heavy atom. The lowest BCUT2D eigenvalue weighted by Crippen LogP contribution is -1.97. The van der Waals surface area contributed by atoms with E-state index in [0.29, 0.717) is 5.56 Å². The number of hydrogen-bond acceptors (Lipinski definition) is 4. The molecule has 0 atom stereocenters. The van der Waals surface area contributed by atoms with Crippen molar-refractivity contribution in [1.82, 2.24) is 5.16 Å². The third kappa shape index (κ3) is 2.49. The first kappa shape index (κ1) is 14.0. The van der Waals surface area contributed by atoms with Gasteiger partial charge in [-0.2, -0.15) is 0 Å². The SMILES string of the molecule is COc1c(F)cc(C(C)C)cc1-c1cc(C(=O)O)on1. The summed E-state index contributed by atoms with van der Waals surface area (Å²) in [6, 6.07) is 4.35. The third-order valence-corrected chi connectivity index (χ3v) is 2.93. The van der Waals surface area contributed by atoms with Crippen molar-refractivity contribution in [3.8, 4) is 17.0 Å². The fourth-order valence-corrected chi connectivity index (χ4v) is 1.85. The number of carbonyl (C=O) groups is 1. The lowest BCUT2D eigenvalue weighted by molar-refractivity contribution is 0.0652. The summed E-state index contributed by atoms with van der Waals surface area (Å²) >= 11 is 0. The van der Waals surface area contributed by atoms with Gasteiger partial charge in [0.25, 0.3) is 0 Å². The van der Waals surface area contributed by atoms with E-state index in [9.17, 15) is 9.18 Å². The zero-order valence-electron chi connectivity index (χ0n) is 11.3. The van der Waals surface area contributed by atoms with Gasteiger partial charge in [-0.05, 0) is 23.6 Å². The highest BCUT2D eigenvalue weighted by molar-refractivity contribution is 5.86. The molecule has 1 aromatic carbocycles. The maximum Gasteiger partial charge on any atom is 0.374 e. The van der Waals surface area contributed by atoms with E-state index >= 15 is 0 Å². The molecular weight excluding hydrogens is 265 g/mol. The van der Waals surface area contributed by atoms with Crippen molar-refractivity contribution in [3.63, 3.8) is 0 Å². The van der Waals surface area contributed by atoms with Crippen LogP contribution < -0.4 is 4.74 Å². The second kappa shape index (κ2) is 5.32. The first-order valence-corrected chi connectivity index (χ1v) is 6.01. The van der Waals surface area contributed by atoms with Gasteiger partial charge in [0, 0.05) is 11.6 Å². The molecule has 0 spiro atoms. The smallest absolute Gasteiger partial charge is 0.374 e. The Hall–Kier alpha value is -2.37. The van der Waals surface area contributed by atoms with Gasteiger partial charge in [0.15, 0.2) is 11.6 Å². The standard InChI is InChI=1S/C14H14FNO4/c1-7(2)8-4-9(13(19-3)10(15)5-8)11-6-12(14(17)18)20-16-11/h4-7H,1-3H3,(H,17,18). The monoisotopic (exact) mass is 279 g/mol. The van der Waals surface area contributed by atoms with Gasteiger partial charge in [-0.15, -0.1) is 0 Å². The minimum atomic E-state index is -1.23. The largest absolute Gasteiger partial charge is 0.493 e. The molecule has 0 fully saturated rings. The predicted molar refractivity (Wildman–Crippen MR) is 69.5 cm³/mol. The molecule has 0 aliphatic heterocycles. The summed E-state index contributed by atoms with van der Waals surface area (Å²) in [6.07, 6.45) is 0. The summed E-state index contributed by atoms with van der Waals surface area (Å²) in [7, 11) is 1.34. The van der Waals surface area contributed by atoms with Crippen LogP contribution in [-0.4, -0.2) is 23.3 Å². The maximum absolute atomic E-state index is 14.0. The number of nitrogens with zero attached hydrogens (tertiary/aromatic N) is 1. The average Bonchev–Trinajstić information content (AvgIpc) is 2.87. The molecule has 6 heteroatoms. The molecule has 0 saturated carbocycles. The first-order chi connectivity index (χ1) is 9.43. The third-order valence-electron chi connectivity index (χ3n) is 2.93. The van der Waals surface area contributed by atoms with Crippen LogP contribution in [0.4, 0.5) is 4.39 Å². The Morgan fingerprint density at radius 3 is 2.60 bits per heavy atom. The Balaban J connectivity index is 2.60. The number of rotatable bonds is 4. The van der Waals surface area contributed by atoms with Gasteiger partial charge in [-0.3, -0.25) is 0 Å². The molecule has 1 N–H and O–H groups in total. The van der Waals surface area contributed by atoms with Crippen LogP contribution in [0.3, 0.4) is 0 Å². The van der Waals surface area contributed by atoms with Crippen LogP contribution in [0.1, 0.15) is 35.9 Å². The minimum absolute atomic E-state index is 0.0136.